The van der Waals surface area contributed by atoms with Crippen LogP contribution < -0.4 is 10.1 Å². The van der Waals surface area contributed by atoms with E-state index in [4.69, 9.17) is 18.9 Å². The number of carbonyl (C=O) groups excluding carboxylic acids is 3. The van der Waals surface area contributed by atoms with Crippen LogP contribution in [0.25, 0.3) is 10.8 Å². The summed E-state index contributed by atoms with van der Waals surface area (Å²) >= 11 is 0. The highest BCUT2D eigenvalue weighted by Crippen LogP contribution is 2.53. The van der Waals surface area contributed by atoms with Gasteiger partial charge in [0.15, 0.2) is 5.75 Å². The predicted octanol–water partition coefficient (Wildman–Crippen LogP) is 6.03. The number of hydrogen-bond donors (Lipinski definition) is 5. The van der Waals surface area contributed by atoms with E-state index in [1.54, 1.807) is 25.2 Å². The zero-order valence-corrected chi connectivity index (χ0v) is 30.2. The number of nitrogens with one attached hydrogen (secondary N) is 1. The van der Waals surface area contributed by atoms with Gasteiger partial charge in [0.25, 0.3) is 11.7 Å². The number of benzene rings is 2. The third-order valence-corrected chi connectivity index (χ3v) is 10.4. The number of fused-ring (bicyclic) bond motifs is 14. The Balaban J connectivity index is 1.87. The summed E-state index contributed by atoms with van der Waals surface area (Å²) in [6.07, 6.45) is 5.68. The number of phenolic OH excluding ortho intramolecular Hbond substituents is 3. The second-order valence-corrected chi connectivity index (χ2v) is 13.8. The van der Waals surface area contributed by atoms with E-state index in [9.17, 15) is 34.8 Å². The SMILES string of the molecule is COC1/C=C\OC2(C)Oc3c(C)c(O)c4c(O)c(cc(O)c4c3C2=O)NC(=O)/C(C)=C\C=C/C(C)C(C)C(C)C(O)C(C)C(OC(C)=O)C1C. The molecule has 3 aliphatic rings. The lowest BCUT2D eigenvalue weighted by molar-refractivity contribution is -0.159. The number of aliphatic hydroxyl groups excluding tert-OH is 1. The normalized spacial score (nSPS) is 33.2. The first-order valence-electron chi connectivity index (χ1n) is 16.7. The highest BCUT2D eigenvalue weighted by Gasteiger charge is 2.49. The van der Waals surface area contributed by atoms with E-state index >= 15 is 0 Å². The molecule has 0 spiro atoms. The van der Waals surface area contributed by atoms with Crippen molar-refractivity contribution in [1.82, 2.24) is 0 Å². The summed E-state index contributed by atoms with van der Waals surface area (Å²) in [6, 6.07) is 1.09. The maximum absolute atomic E-state index is 13.9. The van der Waals surface area contributed by atoms with E-state index in [1.807, 2.05) is 40.7 Å². The van der Waals surface area contributed by atoms with Gasteiger partial charge in [-0.05, 0) is 37.7 Å². The molecule has 3 aliphatic heterocycles. The van der Waals surface area contributed by atoms with Crippen LogP contribution in [0, 0.1) is 36.5 Å². The van der Waals surface area contributed by atoms with Gasteiger partial charge in [-0.25, -0.2) is 0 Å². The molecule has 1 amide bonds. The van der Waals surface area contributed by atoms with Gasteiger partial charge in [0.05, 0.1) is 35.1 Å². The van der Waals surface area contributed by atoms with Gasteiger partial charge in [-0.1, -0.05) is 52.8 Å². The van der Waals surface area contributed by atoms with Crippen LogP contribution in [0.15, 0.2) is 42.2 Å². The van der Waals surface area contributed by atoms with Gasteiger partial charge < -0.3 is 44.7 Å². The van der Waals surface area contributed by atoms with E-state index < -0.39 is 70.8 Å². The lowest BCUT2D eigenvalue weighted by Crippen LogP contribution is -2.45. The molecule has 12 nitrogen and oxygen atoms in total. The van der Waals surface area contributed by atoms with Crippen LogP contribution in [0.2, 0.25) is 0 Å². The summed E-state index contributed by atoms with van der Waals surface area (Å²) in [4.78, 5) is 39.4. The number of allylic oxidation sites excluding steroid dienone is 3. The van der Waals surface area contributed by atoms with Crippen LogP contribution >= 0.6 is 0 Å². The van der Waals surface area contributed by atoms with Crippen molar-refractivity contribution in [3.05, 3.63) is 53.3 Å². The lowest BCUT2D eigenvalue weighted by Gasteiger charge is -2.38. The summed E-state index contributed by atoms with van der Waals surface area (Å²) < 4.78 is 23.4. The molecule has 0 aliphatic carbocycles. The van der Waals surface area contributed by atoms with Crippen LogP contribution in [-0.2, 0) is 23.8 Å². The Morgan fingerprint density at radius 3 is 2.22 bits per heavy atom. The lowest BCUT2D eigenvalue weighted by atomic mass is 9.75. The van der Waals surface area contributed by atoms with Crippen LogP contribution in [0.3, 0.4) is 0 Å². The summed E-state index contributed by atoms with van der Waals surface area (Å²) in [5.41, 5.74) is 0.0696. The maximum atomic E-state index is 13.9. The number of amides is 1. The van der Waals surface area contributed by atoms with Crippen LogP contribution in [0.4, 0.5) is 5.69 Å². The molecule has 2 aromatic rings. The molecule has 3 heterocycles. The topological polar surface area (TPSA) is 181 Å². The van der Waals surface area contributed by atoms with Crippen molar-refractivity contribution < 1.29 is 53.8 Å². The number of aromatic hydroxyl groups is 3. The number of aliphatic hydroxyl groups is 1. The monoisotopic (exact) mass is 695 g/mol. The van der Waals surface area contributed by atoms with Gasteiger partial charge in [-0.3, -0.25) is 14.4 Å². The quantitative estimate of drug-likeness (QED) is 0.141. The van der Waals surface area contributed by atoms with Gasteiger partial charge in [0.1, 0.15) is 23.4 Å². The molecule has 5 N–H and O–H groups in total. The first kappa shape index (κ1) is 38.3. The molecular formula is C38H49NO11. The Hall–Kier alpha value is -4.55. The zero-order chi connectivity index (χ0) is 37.4. The molecule has 0 saturated heterocycles. The van der Waals surface area contributed by atoms with Crippen molar-refractivity contribution in [3.63, 3.8) is 0 Å². The molecule has 5 rings (SSSR count). The fourth-order valence-corrected chi connectivity index (χ4v) is 6.82. The molecule has 9 atom stereocenters. The van der Waals surface area contributed by atoms with Gasteiger partial charge in [0.2, 0.25) is 0 Å². The van der Waals surface area contributed by atoms with Gasteiger partial charge in [-0.15, -0.1) is 0 Å². The van der Waals surface area contributed by atoms with Crippen molar-refractivity contribution in [1.29, 1.82) is 0 Å². The number of Topliss-reactive ketones (excluding diaryl/α,β-unsaturated/α-hetero) is 1. The zero-order valence-electron chi connectivity index (χ0n) is 30.2. The fraction of sp³-hybridized carbons (Fsp3) is 0.500. The highest BCUT2D eigenvalue weighted by molar-refractivity contribution is 6.21. The molecule has 0 fully saturated rings. The Kier molecular flexibility index (Phi) is 11.3. The number of rotatable bonds is 2. The minimum Gasteiger partial charge on any atom is -0.507 e. The van der Waals surface area contributed by atoms with Crippen LogP contribution in [0.5, 0.6) is 23.0 Å². The van der Waals surface area contributed by atoms with E-state index in [0.29, 0.717) is 0 Å². The van der Waals surface area contributed by atoms with Gasteiger partial charge >= 0.3 is 11.8 Å². The molecule has 0 aromatic heterocycles. The smallest absolute Gasteiger partial charge is 0.312 e. The van der Waals surface area contributed by atoms with E-state index in [-0.39, 0.29) is 56.7 Å². The Morgan fingerprint density at radius 1 is 0.940 bits per heavy atom. The number of esters is 1. The predicted molar refractivity (Wildman–Crippen MR) is 187 cm³/mol. The molecule has 9 unspecified atom stereocenters. The van der Waals surface area contributed by atoms with Crippen molar-refractivity contribution in [2.24, 2.45) is 29.6 Å². The fourth-order valence-electron chi connectivity index (χ4n) is 6.82. The number of anilines is 1. The van der Waals surface area contributed by atoms with E-state index in [1.165, 1.54) is 34.1 Å². The second kappa shape index (κ2) is 14.7. The summed E-state index contributed by atoms with van der Waals surface area (Å²) in [5, 5.41) is 47.3. The third-order valence-electron chi connectivity index (χ3n) is 10.4. The average molecular weight is 696 g/mol. The molecule has 272 valence electrons. The van der Waals surface area contributed by atoms with E-state index in [2.05, 4.69) is 5.32 Å². The third kappa shape index (κ3) is 7.04. The maximum Gasteiger partial charge on any atom is 0.312 e. The molecule has 50 heavy (non-hydrogen) atoms. The molecular weight excluding hydrogens is 646 g/mol. The standard InChI is InChI=1S/C38H49NO11/c1-17-12-11-13-18(2)37(46)39-25-16-26(41)28-29(33(25)44)32(43)23(7)35-30(28)36(45)38(9,50-35)48-15-14-27(47-10)21(5)34(49-24(8)40)22(6)31(42)20(4)19(17)3/h11-17,19-22,27,31,34,41-44H,1-10H3,(H,39,46)/b12-11-,15-14-,18-13-. The first-order valence-corrected chi connectivity index (χ1v) is 16.7. The number of carbonyl (C=O) groups is 3. The van der Waals surface area contributed by atoms with Crippen molar-refractivity contribution in [2.45, 2.75) is 86.4 Å². The Bertz CT molecular complexity index is 1760. The van der Waals surface area contributed by atoms with Crippen molar-refractivity contribution in [3.8, 4) is 23.0 Å². The van der Waals surface area contributed by atoms with Gasteiger partial charge in [0, 0.05) is 55.4 Å². The number of phenols is 3. The number of methoxy groups -OCH3 is 1. The van der Waals surface area contributed by atoms with Crippen LogP contribution in [-0.4, -0.2) is 69.3 Å². The first-order chi connectivity index (χ1) is 23.4. The van der Waals surface area contributed by atoms with Crippen LogP contribution in [0.1, 0.15) is 71.3 Å². The number of hydrogen-bond acceptors (Lipinski definition) is 11. The molecule has 0 saturated carbocycles. The largest absolute Gasteiger partial charge is 0.507 e. The summed E-state index contributed by atoms with van der Waals surface area (Å²) in [5.74, 6) is -6.60. The van der Waals surface area contributed by atoms with Crippen molar-refractivity contribution >= 4 is 34.1 Å². The Labute approximate surface area is 292 Å². The molecule has 2 aromatic carbocycles. The average Bonchev–Trinajstić information content (AvgIpc) is 3.33. The second-order valence-electron chi connectivity index (χ2n) is 13.8. The molecule has 12 heteroatoms. The minimum atomic E-state index is -1.95. The Morgan fingerprint density at radius 2 is 1.60 bits per heavy atom. The van der Waals surface area contributed by atoms with E-state index in [0.717, 1.165) is 6.07 Å². The molecule has 5 bridgehead atoms. The van der Waals surface area contributed by atoms with Crippen molar-refractivity contribution in [2.75, 3.05) is 12.4 Å². The number of ketones is 1. The molecule has 0 radical (unpaired) electrons. The highest BCUT2D eigenvalue weighted by atomic mass is 16.7. The summed E-state index contributed by atoms with van der Waals surface area (Å²) in [6.45, 7) is 15.3. The number of ether oxygens (including phenoxy) is 4. The minimum absolute atomic E-state index is 0.0265. The van der Waals surface area contributed by atoms with Gasteiger partial charge in [-0.2, -0.15) is 0 Å². The summed E-state index contributed by atoms with van der Waals surface area (Å²) in [7, 11) is 1.47.